The lowest BCUT2D eigenvalue weighted by molar-refractivity contribution is 0.414. The van der Waals surface area contributed by atoms with Crippen molar-refractivity contribution in [3.63, 3.8) is 0 Å². The van der Waals surface area contributed by atoms with Gasteiger partial charge in [-0.15, -0.1) is 5.10 Å². The van der Waals surface area contributed by atoms with Crippen molar-refractivity contribution in [3.05, 3.63) is 11.4 Å². The number of rotatable bonds is 4. The van der Waals surface area contributed by atoms with Gasteiger partial charge >= 0.3 is 0 Å². The van der Waals surface area contributed by atoms with Gasteiger partial charge in [0.25, 0.3) is 0 Å². The molecule has 0 N–H and O–H groups in total. The molecule has 1 aliphatic rings. The summed E-state index contributed by atoms with van der Waals surface area (Å²) in [5, 5.41) is 9.43. The van der Waals surface area contributed by atoms with E-state index in [9.17, 15) is 0 Å². The van der Waals surface area contributed by atoms with Crippen molar-refractivity contribution in [2.75, 3.05) is 16.8 Å². The van der Waals surface area contributed by atoms with Gasteiger partial charge in [0.05, 0.1) is 11.4 Å². The molecule has 1 fully saturated rings. The lowest BCUT2D eigenvalue weighted by atomic mass is 9.94. The molecule has 4 nitrogen and oxygen atoms in total. The van der Waals surface area contributed by atoms with Crippen LogP contribution in [-0.2, 0) is 0 Å². The van der Waals surface area contributed by atoms with E-state index in [2.05, 4.69) is 36.0 Å². The van der Waals surface area contributed by atoms with Gasteiger partial charge in [-0.1, -0.05) is 35.2 Å². The van der Waals surface area contributed by atoms with Gasteiger partial charge in [0, 0.05) is 17.9 Å². The summed E-state index contributed by atoms with van der Waals surface area (Å²) in [4.78, 5) is 6.93. The van der Waals surface area contributed by atoms with E-state index in [0.29, 0.717) is 6.04 Å². The Labute approximate surface area is 117 Å². The van der Waals surface area contributed by atoms with Crippen LogP contribution in [0, 0.1) is 13.8 Å². The van der Waals surface area contributed by atoms with Crippen molar-refractivity contribution in [2.24, 2.45) is 0 Å². The number of halogens is 1. The molecule has 0 aromatic carbocycles. The third-order valence-electron chi connectivity index (χ3n) is 3.68. The summed E-state index contributed by atoms with van der Waals surface area (Å²) in [6, 6.07) is 0.584. The van der Waals surface area contributed by atoms with E-state index in [1.165, 1.54) is 32.1 Å². The fraction of sp³-hybridized carbons (Fsp3) is 0.769. The quantitative estimate of drug-likeness (QED) is 0.801. The van der Waals surface area contributed by atoms with Gasteiger partial charge < -0.3 is 4.90 Å². The molecule has 5 heteroatoms. The second-order valence-corrected chi connectivity index (χ2v) is 5.75. The zero-order valence-electron chi connectivity index (χ0n) is 11.2. The van der Waals surface area contributed by atoms with E-state index in [1.54, 1.807) is 0 Å². The Morgan fingerprint density at radius 2 is 1.83 bits per heavy atom. The van der Waals surface area contributed by atoms with Crippen LogP contribution in [0.1, 0.15) is 43.5 Å². The van der Waals surface area contributed by atoms with Gasteiger partial charge in [-0.25, -0.2) is 4.98 Å². The Balaban J connectivity index is 2.19. The number of aromatic nitrogens is 3. The first-order valence-corrected chi connectivity index (χ1v) is 7.85. The molecule has 1 saturated carbocycles. The number of hydrogen-bond donors (Lipinski definition) is 0. The van der Waals surface area contributed by atoms with Crippen LogP contribution >= 0.6 is 15.9 Å². The number of aryl methyl sites for hydroxylation is 2. The van der Waals surface area contributed by atoms with E-state index in [0.717, 1.165) is 29.2 Å². The number of hydrogen-bond acceptors (Lipinski definition) is 4. The molecular formula is C13H21BrN4. The summed E-state index contributed by atoms with van der Waals surface area (Å²) in [6.45, 7) is 4.91. The number of anilines is 1. The lowest BCUT2D eigenvalue weighted by Gasteiger charge is -2.33. The average Bonchev–Trinajstić information content (AvgIpc) is 2.40. The van der Waals surface area contributed by atoms with E-state index >= 15 is 0 Å². The van der Waals surface area contributed by atoms with E-state index < -0.39 is 0 Å². The molecule has 18 heavy (non-hydrogen) atoms. The zero-order valence-corrected chi connectivity index (χ0v) is 12.8. The molecule has 1 heterocycles. The molecule has 0 atom stereocenters. The van der Waals surface area contributed by atoms with Crippen LogP contribution < -0.4 is 4.90 Å². The molecule has 1 aromatic heterocycles. The Morgan fingerprint density at radius 3 is 2.44 bits per heavy atom. The van der Waals surface area contributed by atoms with Gasteiger partial charge in [-0.05, 0) is 26.7 Å². The van der Waals surface area contributed by atoms with E-state index in [4.69, 9.17) is 0 Å². The predicted molar refractivity (Wildman–Crippen MR) is 77.3 cm³/mol. The molecule has 0 spiro atoms. The summed E-state index contributed by atoms with van der Waals surface area (Å²) >= 11 is 3.53. The van der Waals surface area contributed by atoms with Crippen molar-refractivity contribution >= 4 is 21.9 Å². The van der Waals surface area contributed by atoms with Crippen LogP contribution in [0.5, 0.6) is 0 Å². The summed E-state index contributed by atoms with van der Waals surface area (Å²) in [5.74, 6) is 0.796. The average molecular weight is 313 g/mol. The normalized spacial score (nSPS) is 16.8. The largest absolute Gasteiger partial charge is 0.336 e. The molecule has 0 aliphatic heterocycles. The molecule has 0 amide bonds. The van der Waals surface area contributed by atoms with E-state index in [-0.39, 0.29) is 0 Å². The minimum absolute atomic E-state index is 0.584. The first-order valence-electron chi connectivity index (χ1n) is 6.73. The molecule has 1 aliphatic carbocycles. The monoisotopic (exact) mass is 312 g/mol. The van der Waals surface area contributed by atoms with Gasteiger partial charge in [0.1, 0.15) is 0 Å². The lowest BCUT2D eigenvalue weighted by Crippen LogP contribution is -2.39. The highest BCUT2D eigenvalue weighted by atomic mass is 79.9. The van der Waals surface area contributed by atoms with Crippen molar-refractivity contribution in [1.82, 2.24) is 15.2 Å². The van der Waals surface area contributed by atoms with Gasteiger partial charge in [-0.2, -0.15) is 5.10 Å². The molecule has 2 rings (SSSR count). The highest BCUT2D eigenvalue weighted by Gasteiger charge is 2.23. The van der Waals surface area contributed by atoms with Crippen LogP contribution in [0.4, 0.5) is 5.95 Å². The van der Waals surface area contributed by atoms with Gasteiger partial charge in [0.2, 0.25) is 5.95 Å². The third kappa shape index (κ3) is 3.19. The standard InChI is InChI=1S/C13H21BrN4/c1-10-11(2)16-17-13(15-10)18(9-8-14)12-6-4-3-5-7-12/h12H,3-9H2,1-2H3. The third-order valence-corrected chi connectivity index (χ3v) is 4.03. The number of alkyl halides is 1. The van der Waals surface area contributed by atoms with Crippen molar-refractivity contribution in [2.45, 2.75) is 52.0 Å². The van der Waals surface area contributed by atoms with Crippen LogP contribution in [-0.4, -0.2) is 33.1 Å². The highest BCUT2D eigenvalue weighted by Crippen LogP contribution is 2.25. The first-order chi connectivity index (χ1) is 8.72. The van der Waals surface area contributed by atoms with Gasteiger partial charge in [-0.3, -0.25) is 0 Å². The predicted octanol–water partition coefficient (Wildman–Crippen LogP) is 3.02. The molecular weight excluding hydrogens is 292 g/mol. The maximum atomic E-state index is 4.60. The summed E-state index contributed by atoms with van der Waals surface area (Å²) in [6.07, 6.45) is 6.51. The van der Waals surface area contributed by atoms with Crippen molar-refractivity contribution < 1.29 is 0 Å². The Bertz CT molecular complexity index is 391. The van der Waals surface area contributed by atoms with Crippen LogP contribution in [0.15, 0.2) is 0 Å². The second-order valence-electron chi connectivity index (χ2n) is 4.96. The van der Waals surface area contributed by atoms with E-state index in [1.807, 2.05) is 13.8 Å². The first kappa shape index (κ1) is 13.7. The fourth-order valence-corrected chi connectivity index (χ4v) is 2.88. The van der Waals surface area contributed by atoms with Crippen molar-refractivity contribution in [3.8, 4) is 0 Å². The molecule has 1 aromatic rings. The SMILES string of the molecule is Cc1nnc(N(CCBr)C2CCCCC2)nc1C. The zero-order chi connectivity index (χ0) is 13.0. The summed E-state index contributed by atoms with van der Waals surface area (Å²) < 4.78 is 0. The van der Waals surface area contributed by atoms with Crippen molar-refractivity contribution in [1.29, 1.82) is 0 Å². The molecule has 100 valence electrons. The molecule has 0 radical (unpaired) electrons. The highest BCUT2D eigenvalue weighted by molar-refractivity contribution is 9.09. The van der Waals surface area contributed by atoms with Crippen LogP contribution in [0.2, 0.25) is 0 Å². The molecule has 0 bridgehead atoms. The maximum Gasteiger partial charge on any atom is 0.245 e. The Kier molecular flexibility index (Phi) is 4.92. The molecule has 0 unspecified atom stereocenters. The van der Waals surface area contributed by atoms with Gasteiger partial charge in [0.15, 0.2) is 0 Å². The topological polar surface area (TPSA) is 41.9 Å². The smallest absolute Gasteiger partial charge is 0.245 e. The number of nitrogens with zero attached hydrogens (tertiary/aromatic N) is 4. The molecule has 0 saturated heterocycles. The minimum atomic E-state index is 0.584. The Hall–Kier alpha value is -0.710. The van der Waals surface area contributed by atoms with Crippen LogP contribution in [0.25, 0.3) is 0 Å². The minimum Gasteiger partial charge on any atom is -0.336 e. The fourth-order valence-electron chi connectivity index (χ4n) is 2.50. The second kappa shape index (κ2) is 6.45. The van der Waals surface area contributed by atoms with Crippen LogP contribution in [0.3, 0.4) is 0 Å². The summed E-state index contributed by atoms with van der Waals surface area (Å²) in [7, 11) is 0. The Morgan fingerprint density at radius 1 is 1.11 bits per heavy atom. The summed E-state index contributed by atoms with van der Waals surface area (Å²) in [5.41, 5.74) is 1.90. The maximum absolute atomic E-state index is 4.60.